The second kappa shape index (κ2) is 8.10. The van der Waals surface area contributed by atoms with Crippen LogP contribution in [0, 0.1) is 6.92 Å². The third kappa shape index (κ3) is 4.08. The van der Waals surface area contributed by atoms with Crippen molar-refractivity contribution in [3.05, 3.63) is 86.2 Å². The lowest BCUT2D eigenvalue weighted by Crippen LogP contribution is -2.32. The largest absolute Gasteiger partial charge is 0.333 e. The molecular formula is C20H21N3O2S. The fraction of sp³-hybridized carbons (Fsp3) is 0.250. The highest BCUT2D eigenvalue weighted by Crippen LogP contribution is 2.16. The molecule has 0 unspecified atom stereocenters. The summed E-state index contributed by atoms with van der Waals surface area (Å²) in [6.45, 7) is 2.85. The molecule has 0 spiro atoms. The Morgan fingerprint density at radius 1 is 1.15 bits per heavy atom. The molecule has 0 aliphatic rings. The van der Waals surface area contributed by atoms with E-state index in [2.05, 4.69) is 4.98 Å². The lowest BCUT2D eigenvalue weighted by Gasteiger charge is -2.22. The molecule has 2 heterocycles. The van der Waals surface area contributed by atoms with E-state index in [4.69, 9.17) is 0 Å². The second-order valence-electron chi connectivity index (χ2n) is 6.12. The second-order valence-corrected chi connectivity index (χ2v) is 7.09. The van der Waals surface area contributed by atoms with E-state index >= 15 is 0 Å². The topological polar surface area (TPSA) is 55.2 Å². The number of aromatic nitrogens is 2. The van der Waals surface area contributed by atoms with Gasteiger partial charge in [-0.1, -0.05) is 47.7 Å². The number of nitrogens with zero attached hydrogens (tertiary/aromatic N) is 3. The fourth-order valence-corrected chi connectivity index (χ4v) is 3.66. The summed E-state index contributed by atoms with van der Waals surface area (Å²) in [7, 11) is 1.69. The SMILES string of the molecule is Cc1c(C(=O)N(CCc2ccccn2)Cc2ccccc2)sc(=O)n1C. The molecule has 3 aromatic rings. The normalized spacial score (nSPS) is 10.7. The van der Waals surface area contributed by atoms with Crippen LogP contribution in [0.4, 0.5) is 0 Å². The molecule has 5 nitrogen and oxygen atoms in total. The number of benzene rings is 1. The molecule has 0 atom stereocenters. The predicted molar refractivity (Wildman–Crippen MR) is 103 cm³/mol. The van der Waals surface area contributed by atoms with Crippen LogP contribution in [0.25, 0.3) is 0 Å². The van der Waals surface area contributed by atoms with Gasteiger partial charge in [0.15, 0.2) is 0 Å². The van der Waals surface area contributed by atoms with E-state index in [1.54, 1.807) is 18.1 Å². The van der Waals surface area contributed by atoms with Crippen molar-refractivity contribution in [2.45, 2.75) is 19.9 Å². The number of thiazole rings is 1. The molecule has 26 heavy (non-hydrogen) atoms. The summed E-state index contributed by atoms with van der Waals surface area (Å²) in [5.41, 5.74) is 2.71. The Bertz CT molecular complexity index is 933. The Hall–Kier alpha value is -2.73. The van der Waals surface area contributed by atoms with Gasteiger partial charge in [0, 0.05) is 44.1 Å². The van der Waals surface area contributed by atoms with Gasteiger partial charge in [0.2, 0.25) is 0 Å². The molecule has 1 aromatic carbocycles. The zero-order valence-electron chi connectivity index (χ0n) is 14.9. The minimum Gasteiger partial charge on any atom is -0.333 e. The summed E-state index contributed by atoms with van der Waals surface area (Å²) in [5.74, 6) is -0.106. The highest BCUT2D eigenvalue weighted by molar-refractivity contribution is 7.11. The molecule has 0 aliphatic heterocycles. The van der Waals surface area contributed by atoms with Crippen LogP contribution in [0.1, 0.15) is 26.6 Å². The maximum Gasteiger partial charge on any atom is 0.307 e. The Balaban J connectivity index is 1.84. The molecule has 0 bridgehead atoms. The molecular weight excluding hydrogens is 346 g/mol. The van der Waals surface area contributed by atoms with Gasteiger partial charge >= 0.3 is 4.87 Å². The zero-order chi connectivity index (χ0) is 18.5. The summed E-state index contributed by atoms with van der Waals surface area (Å²) in [5, 5.41) is 0. The van der Waals surface area contributed by atoms with Crippen molar-refractivity contribution < 1.29 is 4.79 Å². The number of carbonyl (C=O) groups is 1. The van der Waals surface area contributed by atoms with Crippen molar-refractivity contribution in [3.63, 3.8) is 0 Å². The van der Waals surface area contributed by atoms with Crippen LogP contribution in [0.5, 0.6) is 0 Å². The minimum absolute atomic E-state index is 0.106. The Kier molecular flexibility index (Phi) is 5.63. The predicted octanol–water partition coefficient (Wildman–Crippen LogP) is 3.04. The fourth-order valence-electron chi connectivity index (χ4n) is 2.71. The number of pyridine rings is 1. The van der Waals surface area contributed by atoms with Gasteiger partial charge in [0.1, 0.15) is 4.88 Å². The van der Waals surface area contributed by atoms with Gasteiger partial charge in [-0.2, -0.15) is 0 Å². The molecule has 0 fully saturated rings. The molecule has 0 saturated carbocycles. The van der Waals surface area contributed by atoms with Crippen molar-refractivity contribution in [3.8, 4) is 0 Å². The lowest BCUT2D eigenvalue weighted by molar-refractivity contribution is 0.0748. The Morgan fingerprint density at radius 3 is 2.50 bits per heavy atom. The van der Waals surface area contributed by atoms with Crippen LogP contribution >= 0.6 is 11.3 Å². The third-order valence-corrected chi connectivity index (χ3v) is 5.48. The quantitative estimate of drug-likeness (QED) is 0.673. The van der Waals surface area contributed by atoms with E-state index in [0.29, 0.717) is 30.1 Å². The minimum atomic E-state index is -0.116. The first kappa shape index (κ1) is 18.1. The first-order valence-electron chi connectivity index (χ1n) is 8.46. The van der Waals surface area contributed by atoms with Crippen molar-refractivity contribution in [2.75, 3.05) is 6.54 Å². The van der Waals surface area contributed by atoms with Gasteiger partial charge in [-0.15, -0.1) is 0 Å². The van der Waals surface area contributed by atoms with Crippen molar-refractivity contribution in [1.29, 1.82) is 0 Å². The van der Waals surface area contributed by atoms with Crippen molar-refractivity contribution >= 4 is 17.2 Å². The van der Waals surface area contributed by atoms with Crippen LogP contribution in [0.2, 0.25) is 0 Å². The molecule has 134 valence electrons. The van der Waals surface area contributed by atoms with E-state index in [9.17, 15) is 9.59 Å². The zero-order valence-corrected chi connectivity index (χ0v) is 15.7. The Labute approximate surface area is 156 Å². The number of hydrogen-bond acceptors (Lipinski definition) is 4. The summed E-state index contributed by atoms with van der Waals surface area (Å²) in [4.78, 5) is 31.6. The lowest BCUT2D eigenvalue weighted by atomic mass is 10.2. The van der Waals surface area contributed by atoms with Gasteiger partial charge in [0.05, 0.1) is 0 Å². The number of amides is 1. The smallest absolute Gasteiger partial charge is 0.307 e. The summed E-state index contributed by atoms with van der Waals surface area (Å²) >= 11 is 1.01. The highest BCUT2D eigenvalue weighted by Gasteiger charge is 2.22. The average molecular weight is 367 g/mol. The summed E-state index contributed by atoms with van der Waals surface area (Å²) in [6, 6.07) is 15.7. The van der Waals surface area contributed by atoms with Gasteiger partial charge in [0.25, 0.3) is 5.91 Å². The third-order valence-electron chi connectivity index (χ3n) is 4.36. The average Bonchev–Trinajstić information content (AvgIpc) is 2.93. The van der Waals surface area contributed by atoms with Crippen LogP contribution in [-0.2, 0) is 20.0 Å². The van der Waals surface area contributed by atoms with Gasteiger partial charge in [-0.05, 0) is 24.6 Å². The van der Waals surface area contributed by atoms with Crippen molar-refractivity contribution in [2.24, 2.45) is 7.05 Å². The van der Waals surface area contributed by atoms with Gasteiger partial charge in [-0.25, -0.2) is 0 Å². The molecule has 0 aliphatic carbocycles. The first-order valence-corrected chi connectivity index (χ1v) is 9.27. The maximum atomic E-state index is 13.1. The number of rotatable bonds is 6. The van der Waals surface area contributed by atoms with Gasteiger partial charge in [-0.3, -0.25) is 14.6 Å². The number of carbonyl (C=O) groups excluding carboxylic acids is 1. The molecule has 2 aromatic heterocycles. The van der Waals surface area contributed by atoms with E-state index < -0.39 is 0 Å². The maximum absolute atomic E-state index is 13.1. The molecule has 6 heteroatoms. The molecule has 0 radical (unpaired) electrons. The Morgan fingerprint density at radius 2 is 1.88 bits per heavy atom. The van der Waals surface area contributed by atoms with E-state index in [-0.39, 0.29) is 10.8 Å². The highest BCUT2D eigenvalue weighted by atomic mass is 32.1. The standard InChI is InChI=1S/C20H21N3O2S/c1-15-18(26-20(25)22(15)2)19(24)23(14-16-8-4-3-5-9-16)13-11-17-10-6-7-12-21-17/h3-10,12H,11,13-14H2,1-2H3. The monoisotopic (exact) mass is 367 g/mol. The summed E-state index contributed by atoms with van der Waals surface area (Å²) in [6.07, 6.45) is 2.42. The summed E-state index contributed by atoms with van der Waals surface area (Å²) < 4.78 is 1.53. The number of hydrogen-bond donors (Lipinski definition) is 0. The van der Waals surface area contributed by atoms with Crippen LogP contribution in [-0.4, -0.2) is 26.9 Å². The first-order chi connectivity index (χ1) is 12.6. The molecule has 3 rings (SSSR count). The molecule has 0 N–H and O–H groups in total. The van der Waals surface area contributed by atoms with Gasteiger partial charge < -0.3 is 9.47 Å². The van der Waals surface area contributed by atoms with Crippen LogP contribution in [0.3, 0.4) is 0 Å². The van der Waals surface area contributed by atoms with E-state index in [1.165, 1.54) is 4.57 Å². The van der Waals surface area contributed by atoms with Crippen molar-refractivity contribution in [1.82, 2.24) is 14.5 Å². The van der Waals surface area contributed by atoms with Crippen LogP contribution < -0.4 is 4.87 Å². The van der Waals surface area contributed by atoms with Crippen LogP contribution in [0.15, 0.2) is 59.5 Å². The van der Waals surface area contributed by atoms with E-state index in [1.807, 2.05) is 55.5 Å². The molecule has 1 amide bonds. The van der Waals surface area contributed by atoms with E-state index in [0.717, 1.165) is 22.6 Å². The molecule has 0 saturated heterocycles.